The van der Waals surface area contributed by atoms with Crippen LogP contribution in [0, 0.1) is 11.3 Å². The molecule has 0 aromatic heterocycles. The highest BCUT2D eigenvalue weighted by atomic mass is 16.5. The standard InChI is InChI=1S/C13H15NO/c1-3-13(15-4-2)12(10-14)11-8-6-5-7-9-11/h5-9H,3-4H2,1-2H3/b13-12+. The van der Waals surface area contributed by atoms with Crippen LogP contribution in [0.5, 0.6) is 0 Å². The van der Waals surface area contributed by atoms with E-state index >= 15 is 0 Å². The van der Waals surface area contributed by atoms with Gasteiger partial charge in [0, 0.05) is 6.42 Å². The zero-order valence-electron chi connectivity index (χ0n) is 9.16. The van der Waals surface area contributed by atoms with Crippen LogP contribution in [0.2, 0.25) is 0 Å². The Morgan fingerprint density at radius 3 is 2.40 bits per heavy atom. The Morgan fingerprint density at radius 2 is 1.93 bits per heavy atom. The van der Waals surface area contributed by atoms with E-state index in [1.54, 1.807) is 0 Å². The minimum Gasteiger partial charge on any atom is -0.497 e. The van der Waals surface area contributed by atoms with Crippen LogP contribution >= 0.6 is 0 Å². The maximum Gasteiger partial charge on any atom is 0.114 e. The fraction of sp³-hybridized carbons (Fsp3) is 0.308. The summed E-state index contributed by atoms with van der Waals surface area (Å²) < 4.78 is 5.46. The molecule has 2 nitrogen and oxygen atoms in total. The summed E-state index contributed by atoms with van der Waals surface area (Å²) in [6, 6.07) is 11.8. The Labute approximate surface area is 90.8 Å². The molecule has 0 saturated carbocycles. The molecular weight excluding hydrogens is 186 g/mol. The van der Waals surface area contributed by atoms with Crippen molar-refractivity contribution >= 4 is 5.57 Å². The van der Waals surface area contributed by atoms with Crippen molar-refractivity contribution in [1.29, 1.82) is 5.26 Å². The van der Waals surface area contributed by atoms with Crippen LogP contribution in [0.15, 0.2) is 36.1 Å². The summed E-state index contributed by atoms with van der Waals surface area (Å²) in [6.45, 7) is 4.52. The van der Waals surface area contributed by atoms with Crippen LogP contribution in [0.25, 0.3) is 5.57 Å². The number of benzene rings is 1. The van der Waals surface area contributed by atoms with Crippen LogP contribution in [0.4, 0.5) is 0 Å². The van der Waals surface area contributed by atoms with E-state index in [0.29, 0.717) is 12.2 Å². The van der Waals surface area contributed by atoms with Crippen LogP contribution in [0.3, 0.4) is 0 Å². The van der Waals surface area contributed by atoms with Gasteiger partial charge in [-0.15, -0.1) is 0 Å². The molecule has 0 fully saturated rings. The Bertz CT molecular complexity index is 373. The molecule has 0 spiro atoms. The molecule has 2 heteroatoms. The first kappa shape index (κ1) is 11.3. The third-order valence-corrected chi connectivity index (χ3v) is 2.09. The molecule has 0 amide bonds. The molecule has 0 saturated heterocycles. The molecule has 0 radical (unpaired) electrons. The van der Waals surface area contributed by atoms with Gasteiger partial charge in [0.15, 0.2) is 0 Å². The van der Waals surface area contributed by atoms with E-state index in [1.165, 1.54) is 0 Å². The fourth-order valence-corrected chi connectivity index (χ4v) is 1.42. The lowest BCUT2D eigenvalue weighted by molar-refractivity contribution is 0.223. The zero-order chi connectivity index (χ0) is 11.1. The number of nitrogens with zero attached hydrogens (tertiary/aromatic N) is 1. The molecule has 0 atom stereocenters. The van der Waals surface area contributed by atoms with Crippen molar-refractivity contribution in [3.05, 3.63) is 41.7 Å². The molecule has 0 unspecified atom stereocenters. The summed E-state index contributed by atoms with van der Waals surface area (Å²) in [7, 11) is 0. The molecule has 0 N–H and O–H groups in total. The zero-order valence-corrected chi connectivity index (χ0v) is 9.16. The van der Waals surface area contributed by atoms with Crippen LogP contribution < -0.4 is 0 Å². The minimum atomic E-state index is 0.598. The lowest BCUT2D eigenvalue weighted by atomic mass is 10.1. The number of ether oxygens (including phenoxy) is 1. The summed E-state index contributed by atoms with van der Waals surface area (Å²) in [5.74, 6) is 0.770. The lowest BCUT2D eigenvalue weighted by Gasteiger charge is -2.09. The highest BCUT2D eigenvalue weighted by Gasteiger charge is 2.07. The van der Waals surface area contributed by atoms with E-state index in [2.05, 4.69) is 6.07 Å². The van der Waals surface area contributed by atoms with Gasteiger partial charge in [-0.3, -0.25) is 0 Å². The van der Waals surface area contributed by atoms with E-state index in [9.17, 15) is 0 Å². The van der Waals surface area contributed by atoms with Gasteiger partial charge in [-0.25, -0.2) is 0 Å². The Kier molecular flexibility index (Phi) is 4.43. The van der Waals surface area contributed by atoms with Gasteiger partial charge >= 0.3 is 0 Å². The van der Waals surface area contributed by atoms with Crippen molar-refractivity contribution in [3.8, 4) is 6.07 Å². The van der Waals surface area contributed by atoms with E-state index in [4.69, 9.17) is 10.00 Å². The van der Waals surface area contributed by atoms with E-state index in [1.807, 2.05) is 44.2 Å². The summed E-state index contributed by atoms with van der Waals surface area (Å²) >= 11 is 0. The summed E-state index contributed by atoms with van der Waals surface area (Å²) in [5, 5.41) is 9.12. The average Bonchev–Trinajstić information content (AvgIpc) is 2.30. The maximum absolute atomic E-state index is 9.12. The molecule has 0 aliphatic carbocycles. The highest BCUT2D eigenvalue weighted by molar-refractivity contribution is 5.78. The van der Waals surface area contributed by atoms with Crippen LogP contribution in [-0.2, 0) is 4.74 Å². The molecule has 78 valence electrons. The van der Waals surface area contributed by atoms with Gasteiger partial charge in [0.05, 0.1) is 12.2 Å². The second-order valence-electron chi connectivity index (χ2n) is 3.06. The number of hydrogen-bond acceptors (Lipinski definition) is 2. The van der Waals surface area contributed by atoms with E-state index in [-0.39, 0.29) is 0 Å². The molecule has 1 rings (SSSR count). The van der Waals surface area contributed by atoms with Crippen LogP contribution in [0.1, 0.15) is 25.8 Å². The predicted octanol–water partition coefficient (Wildman–Crippen LogP) is 3.37. The Hall–Kier alpha value is -1.75. The minimum absolute atomic E-state index is 0.598. The lowest BCUT2D eigenvalue weighted by Crippen LogP contribution is -1.95. The van der Waals surface area contributed by atoms with Gasteiger partial charge in [-0.05, 0) is 12.5 Å². The monoisotopic (exact) mass is 201 g/mol. The topological polar surface area (TPSA) is 33.0 Å². The molecule has 1 aromatic rings. The molecule has 0 bridgehead atoms. The predicted molar refractivity (Wildman–Crippen MR) is 60.9 cm³/mol. The molecule has 1 aromatic carbocycles. The van der Waals surface area contributed by atoms with Crippen molar-refractivity contribution in [3.63, 3.8) is 0 Å². The number of allylic oxidation sites excluding steroid dienone is 2. The third-order valence-electron chi connectivity index (χ3n) is 2.09. The first-order chi connectivity index (χ1) is 7.33. The second kappa shape index (κ2) is 5.87. The smallest absolute Gasteiger partial charge is 0.114 e. The molecular formula is C13H15NO. The molecule has 0 aliphatic rings. The van der Waals surface area contributed by atoms with E-state index < -0.39 is 0 Å². The first-order valence-electron chi connectivity index (χ1n) is 5.14. The average molecular weight is 201 g/mol. The third kappa shape index (κ3) is 2.85. The summed E-state index contributed by atoms with van der Waals surface area (Å²) in [6.07, 6.45) is 0.742. The van der Waals surface area contributed by atoms with Gasteiger partial charge in [0.1, 0.15) is 11.8 Å². The van der Waals surface area contributed by atoms with Crippen molar-refractivity contribution in [2.24, 2.45) is 0 Å². The van der Waals surface area contributed by atoms with Crippen molar-refractivity contribution in [1.82, 2.24) is 0 Å². The van der Waals surface area contributed by atoms with Gasteiger partial charge < -0.3 is 4.74 Å². The summed E-state index contributed by atoms with van der Waals surface area (Å²) in [5.41, 5.74) is 1.56. The normalized spacial score (nSPS) is 11.5. The SMILES string of the molecule is CCO/C(CC)=C(\C#N)c1ccccc1. The Balaban J connectivity index is 3.12. The van der Waals surface area contributed by atoms with Crippen molar-refractivity contribution in [2.45, 2.75) is 20.3 Å². The van der Waals surface area contributed by atoms with E-state index in [0.717, 1.165) is 17.7 Å². The molecule has 0 aliphatic heterocycles. The van der Waals surface area contributed by atoms with Crippen molar-refractivity contribution in [2.75, 3.05) is 6.61 Å². The van der Waals surface area contributed by atoms with Crippen molar-refractivity contribution < 1.29 is 4.74 Å². The maximum atomic E-state index is 9.12. The van der Waals surface area contributed by atoms with Gasteiger partial charge in [-0.1, -0.05) is 37.3 Å². The number of rotatable bonds is 4. The molecule has 0 heterocycles. The largest absolute Gasteiger partial charge is 0.497 e. The molecule has 15 heavy (non-hydrogen) atoms. The second-order valence-corrected chi connectivity index (χ2v) is 3.06. The highest BCUT2D eigenvalue weighted by Crippen LogP contribution is 2.20. The van der Waals surface area contributed by atoms with Crippen LogP contribution in [-0.4, -0.2) is 6.61 Å². The summed E-state index contributed by atoms with van der Waals surface area (Å²) in [4.78, 5) is 0. The first-order valence-corrected chi connectivity index (χ1v) is 5.14. The van der Waals surface area contributed by atoms with Gasteiger partial charge in [-0.2, -0.15) is 5.26 Å². The van der Waals surface area contributed by atoms with Gasteiger partial charge in [0.2, 0.25) is 0 Å². The van der Waals surface area contributed by atoms with Gasteiger partial charge in [0.25, 0.3) is 0 Å². The Morgan fingerprint density at radius 1 is 1.27 bits per heavy atom. The fourth-order valence-electron chi connectivity index (χ4n) is 1.42. The number of nitriles is 1. The quantitative estimate of drug-likeness (QED) is 0.552. The number of hydrogen-bond donors (Lipinski definition) is 0.